The summed E-state index contributed by atoms with van der Waals surface area (Å²) in [5.74, 6) is 0.803. The van der Waals surface area contributed by atoms with Crippen LogP contribution in [0.5, 0.6) is 0 Å². The highest BCUT2D eigenvalue weighted by Crippen LogP contribution is 2.03. The van der Waals surface area contributed by atoms with Crippen LogP contribution in [0, 0.1) is 0 Å². The Kier molecular flexibility index (Phi) is 4.46. The minimum absolute atomic E-state index is 0.0211. The van der Waals surface area contributed by atoms with Gasteiger partial charge in [0, 0.05) is 6.42 Å². The smallest absolute Gasteiger partial charge is 0.318 e. The van der Waals surface area contributed by atoms with Gasteiger partial charge in [0.1, 0.15) is 5.76 Å². The predicted octanol–water partition coefficient (Wildman–Crippen LogP) is -0.478. The zero-order chi connectivity index (χ0) is 12.0. The Morgan fingerprint density at radius 1 is 1.56 bits per heavy atom. The van der Waals surface area contributed by atoms with Gasteiger partial charge in [0.15, 0.2) is 0 Å². The van der Waals surface area contributed by atoms with Gasteiger partial charge in [-0.15, -0.1) is 0 Å². The number of rotatable bonds is 5. The van der Waals surface area contributed by atoms with Crippen LogP contribution in [0.2, 0.25) is 0 Å². The molecule has 0 radical (unpaired) electrons. The van der Waals surface area contributed by atoms with Gasteiger partial charge in [-0.3, -0.25) is 15.4 Å². The number of nitrogens with zero attached hydrogens (tertiary/aromatic N) is 1. The molecule has 7 nitrogen and oxygen atoms in total. The van der Waals surface area contributed by atoms with Crippen LogP contribution >= 0.6 is 0 Å². The molecule has 1 aromatic heterocycles. The van der Waals surface area contributed by atoms with Crippen molar-refractivity contribution >= 4 is 11.9 Å². The summed E-state index contributed by atoms with van der Waals surface area (Å²) >= 11 is 0. The summed E-state index contributed by atoms with van der Waals surface area (Å²) in [6.07, 6.45) is 2.41. The van der Waals surface area contributed by atoms with E-state index in [4.69, 9.17) is 10.2 Å². The molecule has 0 atom stereocenters. The Morgan fingerprint density at radius 2 is 2.31 bits per heavy atom. The number of oxazole rings is 1. The quantitative estimate of drug-likeness (QED) is 0.628. The maximum Gasteiger partial charge on any atom is 0.318 e. The Bertz CT molecular complexity index is 375. The van der Waals surface area contributed by atoms with Gasteiger partial charge in [-0.05, 0) is 0 Å². The molecule has 0 fully saturated rings. The maximum atomic E-state index is 11.0. The highest BCUT2D eigenvalue weighted by Gasteiger charge is 2.05. The minimum Gasteiger partial charge on any atom is -0.444 e. The molecule has 0 spiro atoms. The highest BCUT2D eigenvalue weighted by molar-refractivity contribution is 5.94. The molecule has 88 valence electrons. The zero-order valence-corrected chi connectivity index (χ0v) is 8.95. The number of hydrogen-bond donors (Lipinski definition) is 3. The van der Waals surface area contributed by atoms with Crippen molar-refractivity contribution in [1.82, 2.24) is 15.6 Å². The molecule has 0 saturated heterocycles. The average Bonchev–Trinajstić information content (AvgIpc) is 2.64. The van der Waals surface area contributed by atoms with Gasteiger partial charge in [-0.2, -0.15) is 0 Å². The van der Waals surface area contributed by atoms with Crippen molar-refractivity contribution < 1.29 is 14.0 Å². The van der Waals surface area contributed by atoms with E-state index in [9.17, 15) is 9.59 Å². The molecule has 0 aliphatic rings. The molecule has 0 aliphatic carbocycles. The summed E-state index contributed by atoms with van der Waals surface area (Å²) in [5.41, 5.74) is 4.77. The van der Waals surface area contributed by atoms with Crippen molar-refractivity contribution in [2.24, 2.45) is 5.73 Å². The van der Waals surface area contributed by atoms with Crippen molar-refractivity contribution in [2.45, 2.75) is 19.9 Å². The summed E-state index contributed by atoms with van der Waals surface area (Å²) in [4.78, 5) is 25.3. The van der Waals surface area contributed by atoms with Crippen molar-refractivity contribution in [3.05, 3.63) is 17.8 Å². The van der Waals surface area contributed by atoms with E-state index in [1.807, 2.05) is 12.2 Å². The lowest BCUT2D eigenvalue weighted by Crippen LogP contribution is -2.40. The van der Waals surface area contributed by atoms with E-state index in [-0.39, 0.29) is 6.54 Å². The van der Waals surface area contributed by atoms with Crippen molar-refractivity contribution in [3.8, 4) is 0 Å². The first-order valence-corrected chi connectivity index (χ1v) is 4.85. The van der Waals surface area contributed by atoms with Crippen LogP contribution < -0.4 is 16.4 Å². The standard InChI is InChI=1S/C9H14N4O3/c1-2-6-3-12-8(16-6)5-11-4-7(14)13-9(10)15/h3,11H,2,4-5H2,1H3,(H3,10,13,14,15). The van der Waals surface area contributed by atoms with E-state index < -0.39 is 11.9 Å². The first-order valence-electron chi connectivity index (χ1n) is 4.85. The van der Waals surface area contributed by atoms with Crippen LogP contribution in [0.15, 0.2) is 10.6 Å². The largest absolute Gasteiger partial charge is 0.444 e. The molecule has 1 rings (SSSR count). The second-order valence-electron chi connectivity index (χ2n) is 3.09. The predicted molar refractivity (Wildman–Crippen MR) is 55.3 cm³/mol. The lowest BCUT2D eigenvalue weighted by Gasteiger charge is -2.01. The zero-order valence-electron chi connectivity index (χ0n) is 8.95. The number of nitrogens with one attached hydrogen (secondary N) is 2. The molecule has 1 aromatic rings. The number of nitrogens with two attached hydrogens (primary N) is 1. The fourth-order valence-electron chi connectivity index (χ4n) is 1.06. The van der Waals surface area contributed by atoms with E-state index in [0.717, 1.165) is 12.2 Å². The lowest BCUT2D eigenvalue weighted by atomic mass is 10.4. The van der Waals surface area contributed by atoms with Crippen LogP contribution in [-0.2, 0) is 17.8 Å². The Morgan fingerprint density at radius 3 is 2.88 bits per heavy atom. The molecule has 16 heavy (non-hydrogen) atoms. The van der Waals surface area contributed by atoms with E-state index in [1.54, 1.807) is 6.20 Å². The minimum atomic E-state index is -0.865. The third kappa shape index (κ3) is 4.09. The van der Waals surface area contributed by atoms with E-state index in [2.05, 4.69) is 10.3 Å². The number of hydrogen-bond acceptors (Lipinski definition) is 5. The molecule has 7 heteroatoms. The van der Waals surface area contributed by atoms with Gasteiger partial charge in [-0.25, -0.2) is 9.78 Å². The van der Waals surface area contributed by atoms with Gasteiger partial charge >= 0.3 is 6.03 Å². The summed E-state index contributed by atoms with van der Waals surface area (Å²) in [6, 6.07) is -0.865. The molecule has 3 amide bonds. The molecule has 0 saturated carbocycles. The monoisotopic (exact) mass is 226 g/mol. The van der Waals surface area contributed by atoms with Crippen LogP contribution in [0.3, 0.4) is 0 Å². The third-order valence-electron chi connectivity index (χ3n) is 1.77. The van der Waals surface area contributed by atoms with Crippen LogP contribution in [0.1, 0.15) is 18.6 Å². The Hall–Kier alpha value is -1.89. The van der Waals surface area contributed by atoms with Crippen molar-refractivity contribution in [1.29, 1.82) is 0 Å². The SMILES string of the molecule is CCc1cnc(CNCC(=O)NC(N)=O)o1. The summed E-state index contributed by atoms with van der Waals surface area (Å²) in [5, 5.41) is 4.70. The van der Waals surface area contributed by atoms with Gasteiger partial charge in [0.2, 0.25) is 11.8 Å². The van der Waals surface area contributed by atoms with Gasteiger partial charge in [0.05, 0.1) is 19.3 Å². The van der Waals surface area contributed by atoms with E-state index in [1.165, 1.54) is 0 Å². The summed E-state index contributed by atoms with van der Waals surface area (Å²) in [7, 11) is 0. The molecule has 4 N–H and O–H groups in total. The van der Waals surface area contributed by atoms with Gasteiger partial charge in [0.25, 0.3) is 0 Å². The third-order valence-corrected chi connectivity index (χ3v) is 1.77. The van der Waals surface area contributed by atoms with Crippen molar-refractivity contribution in [3.63, 3.8) is 0 Å². The van der Waals surface area contributed by atoms with Crippen LogP contribution in [0.4, 0.5) is 4.79 Å². The normalized spacial score (nSPS) is 10.1. The second-order valence-corrected chi connectivity index (χ2v) is 3.09. The summed E-state index contributed by atoms with van der Waals surface area (Å²) < 4.78 is 5.30. The molecule has 0 aromatic carbocycles. The first-order chi connectivity index (χ1) is 7.61. The Balaban J connectivity index is 2.25. The van der Waals surface area contributed by atoms with Gasteiger partial charge < -0.3 is 10.2 Å². The number of carbonyl (C=O) groups excluding carboxylic acids is 2. The molecule has 1 heterocycles. The molecule has 0 bridgehead atoms. The van der Waals surface area contributed by atoms with Crippen molar-refractivity contribution in [2.75, 3.05) is 6.54 Å². The number of urea groups is 1. The highest BCUT2D eigenvalue weighted by atomic mass is 16.4. The number of amides is 3. The fourth-order valence-corrected chi connectivity index (χ4v) is 1.06. The molecule has 0 unspecified atom stereocenters. The van der Waals surface area contributed by atoms with Crippen LogP contribution in [-0.4, -0.2) is 23.5 Å². The summed E-state index contributed by atoms with van der Waals surface area (Å²) in [6.45, 7) is 2.26. The Labute approximate surface area is 92.4 Å². The van der Waals surface area contributed by atoms with E-state index >= 15 is 0 Å². The fraction of sp³-hybridized carbons (Fsp3) is 0.444. The molecular formula is C9H14N4O3. The second kappa shape index (κ2) is 5.86. The topological polar surface area (TPSA) is 110 Å². The average molecular weight is 226 g/mol. The number of primary amides is 1. The van der Waals surface area contributed by atoms with E-state index in [0.29, 0.717) is 12.4 Å². The first kappa shape index (κ1) is 12.2. The van der Waals surface area contributed by atoms with Gasteiger partial charge in [-0.1, -0.05) is 6.92 Å². The molecular weight excluding hydrogens is 212 g/mol. The number of aryl methyl sites for hydroxylation is 1. The lowest BCUT2D eigenvalue weighted by molar-refractivity contribution is -0.119. The number of imide groups is 1. The maximum absolute atomic E-state index is 11.0. The number of carbonyl (C=O) groups is 2. The molecule has 0 aliphatic heterocycles. The number of aromatic nitrogens is 1. The van der Waals surface area contributed by atoms with Crippen LogP contribution in [0.25, 0.3) is 0 Å².